The van der Waals surface area contributed by atoms with Crippen molar-refractivity contribution in [2.75, 3.05) is 26.0 Å². The molecule has 0 saturated carbocycles. The van der Waals surface area contributed by atoms with E-state index in [0.29, 0.717) is 18.3 Å². The maximum Gasteiger partial charge on any atom is 0.230 e. The number of amides is 1. The molecule has 2 aromatic carbocycles. The van der Waals surface area contributed by atoms with E-state index in [1.165, 1.54) is 11.8 Å². The number of hydrogen-bond acceptors (Lipinski definition) is 6. The Morgan fingerprint density at radius 3 is 2.66 bits per heavy atom. The van der Waals surface area contributed by atoms with Gasteiger partial charge in [-0.15, -0.1) is 10.2 Å². The zero-order chi connectivity index (χ0) is 20.6. The van der Waals surface area contributed by atoms with Crippen LogP contribution in [0.1, 0.15) is 5.56 Å². The maximum absolute atomic E-state index is 12.1. The fraction of sp³-hybridized carbons (Fsp3) is 0.286. The van der Waals surface area contributed by atoms with Crippen molar-refractivity contribution >= 4 is 17.7 Å². The predicted octanol–water partition coefficient (Wildman–Crippen LogP) is 3.09. The van der Waals surface area contributed by atoms with Gasteiger partial charge >= 0.3 is 0 Å². The predicted molar refractivity (Wildman–Crippen MR) is 113 cm³/mol. The molecule has 0 atom stereocenters. The molecule has 152 valence electrons. The summed E-state index contributed by atoms with van der Waals surface area (Å²) in [6, 6.07) is 15.4. The monoisotopic (exact) mass is 412 g/mol. The van der Waals surface area contributed by atoms with Crippen LogP contribution < -0.4 is 14.8 Å². The number of aromatic nitrogens is 3. The van der Waals surface area contributed by atoms with Gasteiger partial charge in [-0.25, -0.2) is 0 Å². The molecule has 0 aliphatic rings. The summed E-state index contributed by atoms with van der Waals surface area (Å²) in [6.45, 7) is 2.88. The van der Waals surface area contributed by atoms with E-state index in [1.807, 2.05) is 67.1 Å². The third-order valence-electron chi connectivity index (χ3n) is 4.20. The molecule has 0 bridgehead atoms. The highest BCUT2D eigenvalue weighted by Crippen LogP contribution is 2.24. The number of aryl methyl sites for hydroxylation is 1. The van der Waals surface area contributed by atoms with Crippen molar-refractivity contribution in [2.24, 2.45) is 7.05 Å². The minimum atomic E-state index is -0.0724. The normalized spacial score (nSPS) is 10.6. The lowest BCUT2D eigenvalue weighted by molar-refractivity contribution is -0.118. The largest absolute Gasteiger partial charge is 0.497 e. The highest BCUT2D eigenvalue weighted by Gasteiger charge is 2.13. The van der Waals surface area contributed by atoms with Crippen molar-refractivity contribution in [3.63, 3.8) is 0 Å². The summed E-state index contributed by atoms with van der Waals surface area (Å²) in [5, 5.41) is 12.0. The van der Waals surface area contributed by atoms with Gasteiger partial charge in [0.2, 0.25) is 5.91 Å². The molecule has 1 amide bonds. The van der Waals surface area contributed by atoms with E-state index in [2.05, 4.69) is 15.5 Å². The van der Waals surface area contributed by atoms with Gasteiger partial charge in [0.25, 0.3) is 0 Å². The molecule has 3 aromatic rings. The molecule has 0 aliphatic carbocycles. The molecule has 7 nitrogen and oxygen atoms in total. The Balaban J connectivity index is 1.44. The van der Waals surface area contributed by atoms with Crippen LogP contribution in [0.4, 0.5) is 0 Å². The molecular formula is C21H24N4O3S. The van der Waals surface area contributed by atoms with Crippen LogP contribution in [-0.2, 0) is 11.8 Å². The van der Waals surface area contributed by atoms with Gasteiger partial charge in [-0.1, -0.05) is 23.9 Å². The second-order valence-electron chi connectivity index (χ2n) is 6.40. The first-order valence-corrected chi connectivity index (χ1v) is 10.2. The number of thioether (sulfide) groups is 1. The van der Waals surface area contributed by atoms with E-state index in [1.54, 1.807) is 7.11 Å². The molecular weight excluding hydrogens is 388 g/mol. The topological polar surface area (TPSA) is 78.3 Å². The van der Waals surface area contributed by atoms with E-state index in [-0.39, 0.29) is 11.7 Å². The van der Waals surface area contributed by atoms with Gasteiger partial charge in [0.1, 0.15) is 18.1 Å². The van der Waals surface area contributed by atoms with Gasteiger partial charge in [0.15, 0.2) is 11.0 Å². The van der Waals surface area contributed by atoms with E-state index in [9.17, 15) is 4.79 Å². The number of carbonyl (C=O) groups is 1. The van der Waals surface area contributed by atoms with Crippen LogP contribution in [0.3, 0.4) is 0 Å². The Hall–Kier alpha value is -3.00. The van der Waals surface area contributed by atoms with Crippen molar-refractivity contribution in [2.45, 2.75) is 12.1 Å². The maximum atomic E-state index is 12.1. The molecule has 0 unspecified atom stereocenters. The van der Waals surface area contributed by atoms with Crippen molar-refractivity contribution in [3.05, 3.63) is 54.1 Å². The molecule has 0 saturated heterocycles. The molecule has 0 spiro atoms. The van der Waals surface area contributed by atoms with Crippen LogP contribution in [0.15, 0.2) is 53.7 Å². The van der Waals surface area contributed by atoms with Gasteiger partial charge in [0, 0.05) is 12.6 Å². The van der Waals surface area contributed by atoms with Crippen LogP contribution in [-0.4, -0.2) is 46.7 Å². The first-order chi connectivity index (χ1) is 14.1. The van der Waals surface area contributed by atoms with E-state index >= 15 is 0 Å². The Bertz CT molecular complexity index is 957. The van der Waals surface area contributed by atoms with Crippen molar-refractivity contribution in [1.29, 1.82) is 0 Å². The van der Waals surface area contributed by atoms with Gasteiger partial charge in [-0.3, -0.25) is 4.79 Å². The summed E-state index contributed by atoms with van der Waals surface area (Å²) in [5.74, 6) is 2.52. The van der Waals surface area contributed by atoms with Gasteiger partial charge in [-0.05, 0) is 48.9 Å². The number of carbonyl (C=O) groups excluding carboxylic acids is 1. The first kappa shape index (κ1) is 20.7. The number of ether oxygens (including phenoxy) is 2. The third-order valence-corrected chi connectivity index (χ3v) is 5.22. The van der Waals surface area contributed by atoms with Crippen molar-refractivity contribution in [3.8, 4) is 22.9 Å². The Morgan fingerprint density at radius 2 is 1.93 bits per heavy atom. The number of methoxy groups -OCH3 is 1. The fourth-order valence-corrected chi connectivity index (χ4v) is 3.42. The van der Waals surface area contributed by atoms with Crippen LogP contribution in [0.2, 0.25) is 0 Å². The van der Waals surface area contributed by atoms with Crippen LogP contribution in [0.25, 0.3) is 11.4 Å². The SMILES string of the molecule is COc1ccc(-c2nnc(SCC(=O)NCCOc3cccc(C)c3)n2C)cc1. The summed E-state index contributed by atoms with van der Waals surface area (Å²) in [7, 11) is 3.52. The number of rotatable bonds is 9. The van der Waals surface area contributed by atoms with Crippen LogP contribution in [0, 0.1) is 6.92 Å². The van der Waals surface area contributed by atoms with Gasteiger partial charge in [-0.2, -0.15) is 0 Å². The molecule has 1 aromatic heterocycles. The summed E-state index contributed by atoms with van der Waals surface area (Å²) >= 11 is 1.35. The average molecular weight is 413 g/mol. The minimum absolute atomic E-state index is 0.0724. The molecule has 0 fully saturated rings. The van der Waals surface area contributed by atoms with Crippen molar-refractivity contribution in [1.82, 2.24) is 20.1 Å². The molecule has 8 heteroatoms. The Labute approximate surface area is 174 Å². The molecule has 1 N–H and O–H groups in total. The molecule has 0 radical (unpaired) electrons. The second-order valence-corrected chi connectivity index (χ2v) is 7.34. The van der Waals surface area contributed by atoms with E-state index < -0.39 is 0 Å². The van der Waals surface area contributed by atoms with Gasteiger partial charge in [0.05, 0.1) is 19.4 Å². The van der Waals surface area contributed by atoms with Crippen LogP contribution >= 0.6 is 11.8 Å². The molecule has 29 heavy (non-hydrogen) atoms. The first-order valence-electron chi connectivity index (χ1n) is 9.19. The molecule has 1 heterocycles. The Morgan fingerprint density at radius 1 is 1.14 bits per heavy atom. The number of hydrogen-bond donors (Lipinski definition) is 1. The fourth-order valence-electron chi connectivity index (χ4n) is 2.68. The lowest BCUT2D eigenvalue weighted by Crippen LogP contribution is -2.29. The smallest absolute Gasteiger partial charge is 0.230 e. The summed E-state index contributed by atoms with van der Waals surface area (Å²) in [4.78, 5) is 12.1. The highest BCUT2D eigenvalue weighted by molar-refractivity contribution is 7.99. The highest BCUT2D eigenvalue weighted by atomic mass is 32.2. The van der Waals surface area contributed by atoms with E-state index in [4.69, 9.17) is 9.47 Å². The summed E-state index contributed by atoms with van der Waals surface area (Å²) in [5.41, 5.74) is 2.08. The molecule has 3 rings (SSSR count). The quantitative estimate of drug-likeness (QED) is 0.430. The lowest BCUT2D eigenvalue weighted by Gasteiger charge is -2.08. The number of nitrogens with one attached hydrogen (secondary N) is 1. The second kappa shape index (κ2) is 9.97. The number of benzene rings is 2. The summed E-state index contributed by atoms with van der Waals surface area (Å²) < 4.78 is 12.7. The number of nitrogens with zero attached hydrogens (tertiary/aromatic N) is 3. The lowest BCUT2D eigenvalue weighted by atomic mass is 10.2. The summed E-state index contributed by atoms with van der Waals surface area (Å²) in [6.07, 6.45) is 0. The van der Waals surface area contributed by atoms with Crippen molar-refractivity contribution < 1.29 is 14.3 Å². The molecule has 0 aliphatic heterocycles. The zero-order valence-electron chi connectivity index (χ0n) is 16.7. The van der Waals surface area contributed by atoms with E-state index in [0.717, 1.165) is 28.5 Å². The average Bonchev–Trinajstić information content (AvgIpc) is 3.10. The minimum Gasteiger partial charge on any atom is -0.497 e. The standard InChI is InChI=1S/C21H24N4O3S/c1-15-5-4-6-18(13-15)28-12-11-22-19(26)14-29-21-24-23-20(25(21)2)16-7-9-17(27-3)10-8-16/h4-10,13H,11-12,14H2,1-3H3,(H,22,26). The Kier molecular flexibility index (Phi) is 7.13. The van der Waals surface area contributed by atoms with Gasteiger partial charge < -0.3 is 19.4 Å². The zero-order valence-corrected chi connectivity index (χ0v) is 17.5. The third kappa shape index (κ3) is 5.74. The van der Waals surface area contributed by atoms with Crippen LogP contribution in [0.5, 0.6) is 11.5 Å².